The van der Waals surface area contributed by atoms with Crippen molar-refractivity contribution in [3.8, 4) is 11.8 Å². The van der Waals surface area contributed by atoms with E-state index >= 15 is 0 Å². The Hall–Kier alpha value is -2.28. The summed E-state index contributed by atoms with van der Waals surface area (Å²) in [5, 5.41) is 0. The number of imidazole rings is 1. The molecule has 1 aromatic carbocycles. The molecule has 1 amide bonds. The van der Waals surface area contributed by atoms with Gasteiger partial charge in [-0.2, -0.15) is 0 Å². The van der Waals surface area contributed by atoms with Crippen LogP contribution in [0.2, 0.25) is 0 Å². The van der Waals surface area contributed by atoms with E-state index in [2.05, 4.69) is 21.8 Å². The molecular weight excluding hydrogens is 190 g/mol. The minimum Gasteiger partial charge on any atom is -0.359 e. The number of amides is 1. The summed E-state index contributed by atoms with van der Waals surface area (Å²) in [5.74, 6) is 5.18. The maximum atomic E-state index is 10.5. The summed E-state index contributed by atoms with van der Waals surface area (Å²) < 4.78 is 0. The van der Waals surface area contributed by atoms with Crippen molar-refractivity contribution in [1.82, 2.24) is 9.97 Å². The average Bonchev–Trinajstić information content (AvgIpc) is 2.53. The van der Waals surface area contributed by atoms with Crippen LogP contribution < -0.4 is 5.73 Å². The lowest BCUT2D eigenvalue weighted by Gasteiger charge is -1.89. The standard InChI is InChI=1S/C11H9N3O/c1-7-13-9-4-2-8(3-5-11(12)15)6-10(9)14-7/h2,4,6H,1H3,(H2,12,15)(H,13,14). The van der Waals surface area contributed by atoms with E-state index in [1.807, 2.05) is 19.1 Å². The summed E-state index contributed by atoms with van der Waals surface area (Å²) in [6.45, 7) is 1.88. The Morgan fingerprint density at radius 2 is 2.33 bits per heavy atom. The van der Waals surface area contributed by atoms with Crippen LogP contribution in [0.25, 0.3) is 11.0 Å². The van der Waals surface area contributed by atoms with E-state index in [0.717, 1.165) is 22.4 Å². The number of fused-ring (bicyclic) bond motifs is 1. The molecule has 74 valence electrons. The van der Waals surface area contributed by atoms with Crippen LogP contribution in [0.4, 0.5) is 0 Å². The summed E-state index contributed by atoms with van der Waals surface area (Å²) >= 11 is 0. The minimum atomic E-state index is -0.629. The van der Waals surface area contributed by atoms with Crippen LogP contribution in [0.3, 0.4) is 0 Å². The number of hydrogen-bond acceptors (Lipinski definition) is 2. The minimum absolute atomic E-state index is 0.629. The second kappa shape index (κ2) is 3.46. The highest BCUT2D eigenvalue weighted by Crippen LogP contribution is 2.12. The van der Waals surface area contributed by atoms with Crippen LogP contribution in [-0.2, 0) is 4.79 Å². The van der Waals surface area contributed by atoms with Crippen molar-refractivity contribution in [3.63, 3.8) is 0 Å². The molecule has 0 aliphatic rings. The molecule has 2 aromatic rings. The van der Waals surface area contributed by atoms with Crippen LogP contribution >= 0.6 is 0 Å². The van der Waals surface area contributed by atoms with E-state index < -0.39 is 5.91 Å². The summed E-state index contributed by atoms with van der Waals surface area (Å²) in [6, 6.07) is 5.49. The molecular formula is C11H9N3O. The third-order valence-corrected chi connectivity index (χ3v) is 1.93. The predicted molar refractivity (Wildman–Crippen MR) is 56.9 cm³/mol. The average molecular weight is 199 g/mol. The number of aromatic nitrogens is 2. The summed E-state index contributed by atoms with van der Waals surface area (Å²) in [5.41, 5.74) is 7.46. The van der Waals surface area contributed by atoms with Crippen molar-refractivity contribution in [2.24, 2.45) is 5.73 Å². The zero-order chi connectivity index (χ0) is 10.8. The third-order valence-electron chi connectivity index (χ3n) is 1.93. The van der Waals surface area contributed by atoms with E-state index in [1.165, 1.54) is 0 Å². The number of aromatic amines is 1. The van der Waals surface area contributed by atoms with Crippen LogP contribution in [0.15, 0.2) is 18.2 Å². The topological polar surface area (TPSA) is 71.8 Å². The molecule has 0 saturated carbocycles. The first kappa shape index (κ1) is 9.28. The van der Waals surface area contributed by atoms with Crippen molar-refractivity contribution >= 4 is 16.9 Å². The lowest BCUT2D eigenvalue weighted by Crippen LogP contribution is -2.06. The Kier molecular flexibility index (Phi) is 2.14. The Labute approximate surface area is 86.5 Å². The van der Waals surface area contributed by atoms with Gasteiger partial charge in [-0.3, -0.25) is 4.79 Å². The van der Waals surface area contributed by atoms with Gasteiger partial charge in [-0.05, 0) is 31.0 Å². The molecule has 0 spiro atoms. The maximum absolute atomic E-state index is 10.5. The molecule has 0 fully saturated rings. The molecule has 1 aromatic heterocycles. The zero-order valence-corrected chi connectivity index (χ0v) is 8.16. The molecule has 15 heavy (non-hydrogen) atoms. The molecule has 0 aliphatic heterocycles. The third kappa shape index (κ3) is 1.97. The lowest BCUT2D eigenvalue weighted by molar-refractivity contribution is -0.112. The number of primary amides is 1. The number of aryl methyl sites for hydroxylation is 1. The molecule has 0 radical (unpaired) electrons. The van der Waals surface area contributed by atoms with Gasteiger partial charge in [0.05, 0.1) is 11.0 Å². The number of nitrogens with one attached hydrogen (secondary N) is 1. The van der Waals surface area contributed by atoms with Gasteiger partial charge in [-0.25, -0.2) is 4.98 Å². The molecule has 0 atom stereocenters. The molecule has 4 heteroatoms. The Morgan fingerprint density at radius 1 is 1.53 bits per heavy atom. The van der Waals surface area contributed by atoms with Gasteiger partial charge in [-0.15, -0.1) is 0 Å². The van der Waals surface area contributed by atoms with Crippen LogP contribution in [-0.4, -0.2) is 15.9 Å². The summed E-state index contributed by atoms with van der Waals surface area (Å²) in [6.07, 6.45) is 0. The van der Waals surface area contributed by atoms with Crippen LogP contribution in [0.5, 0.6) is 0 Å². The van der Waals surface area contributed by atoms with Crippen molar-refractivity contribution in [2.75, 3.05) is 0 Å². The summed E-state index contributed by atoms with van der Waals surface area (Å²) in [7, 11) is 0. The highest BCUT2D eigenvalue weighted by Gasteiger charge is 1.98. The molecule has 0 saturated heterocycles. The molecule has 2 rings (SSSR count). The van der Waals surface area contributed by atoms with Gasteiger partial charge < -0.3 is 10.7 Å². The second-order valence-electron chi connectivity index (χ2n) is 3.17. The highest BCUT2D eigenvalue weighted by atomic mass is 16.1. The van der Waals surface area contributed by atoms with Gasteiger partial charge >= 0.3 is 0 Å². The van der Waals surface area contributed by atoms with Gasteiger partial charge in [0.2, 0.25) is 0 Å². The second-order valence-corrected chi connectivity index (χ2v) is 3.17. The molecule has 1 heterocycles. The van der Waals surface area contributed by atoms with Gasteiger partial charge in [0.25, 0.3) is 5.91 Å². The SMILES string of the molecule is Cc1nc2ccc(C#CC(N)=O)cc2[nH]1. The highest BCUT2D eigenvalue weighted by molar-refractivity contribution is 5.92. The first-order valence-electron chi connectivity index (χ1n) is 4.43. The fourth-order valence-corrected chi connectivity index (χ4v) is 1.35. The van der Waals surface area contributed by atoms with Crippen LogP contribution in [0.1, 0.15) is 11.4 Å². The molecule has 4 nitrogen and oxygen atoms in total. The number of hydrogen-bond donors (Lipinski definition) is 2. The maximum Gasteiger partial charge on any atom is 0.293 e. The molecule has 3 N–H and O–H groups in total. The van der Waals surface area contributed by atoms with E-state index in [-0.39, 0.29) is 0 Å². The molecule has 0 unspecified atom stereocenters. The molecule has 0 aliphatic carbocycles. The van der Waals surface area contributed by atoms with Gasteiger partial charge in [0.1, 0.15) is 5.82 Å². The zero-order valence-electron chi connectivity index (χ0n) is 8.16. The normalized spacial score (nSPS) is 9.67. The van der Waals surface area contributed by atoms with Gasteiger partial charge in [0, 0.05) is 5.56 Å². The van der Waals surface area contributed by atoms with Crippen molar-refractivity contribution in [3.05, 3.63) is 29.6 Å². The van der Waals surface area contributed by atoms with Crippen molar-refractivity contribution in [2.45, 2.75) is 6.92 Å². The number of nitrogens with two attached hydrogens (primary N) is 1. The number of carbonyl (C=O) groups is 1. The van der Waals surface area contributed by atoms with E-state index in [1.54, 1.807) is 6.07 Å². The first-order valence-corrected chi connectivity index (χ1v) is 4.43. The van der Waals surface area contributed by atoms with Crippen molar-refractivity contribution in [1.29, 1.82) is 0 Å². The largest absolute Gasteiger partial charge is 0.359 e. The number of H-pyrrole nitrogens is 1. The number of benzene rings is 1. The van der Waals surface area contributed by atoms with Crippen LogP contribution in [0, 0.1) is 18.8 Å². The first-order chi connectivity index (χ1) is 7.15. The Bertz CT molecular complexity index is 587. The number of carbonyl (C=O) groups excluding carboxylic acids is 1. The quantitative estimate of drug-likeness (QED) is 0.613. The predicted octanol–water partition coefficient (Wildman–Crippen LogP) is 0.708. The fourth-order valence-electron chi connectivity index (χ4n) is 1.35. The molecule has 0 bridgehead atoms. The number of rotatable bonds is 0. The monoisotopic (exact) mass is 199 g/mol. The van der Waals surface area contributed by atoms with E-state index in [0.29, 0.717) is 0 Å². The van der Waals surface area contributed by atoms with Gasteiger partial charge in [0.15, 0.2) is 0 Å². The lowest BCUT2D eigenvalue weighted by atomic mass is 10.2. The Balaban J connectivity index is 2.48. The van der Waals surface area contributed by atoms with E-state index in [9.17, 15) is 4.79 Å². The van der Waals surface area contributed by atoms with Gasteiger partial charge in [-0.1, -0.05) is 5.92 Å². The van der Waals surface area contributed by atoms with Crippen molar-refractivity contribution < 1.29 is 4.79 Å². The van der Waals surface area contributed by atoms with E-state index in [4.69, 9.17) is 5.73 Å². The summed E-state index contributed by atoms with van der Waals surface area (Å²) in [4.78, 5) is 17.8. The number of nitrogens with zero attached hydrogens (tertiary/aromatic N) is 1. The smallest absolute Gasteiger partial charge is 0.293 e. The fraction of sp³-hybridized carbons (Fsp3) is 0.0909. The Morgan fingerprint density at radius 3 is 3.07 bits per heavy atom.